The average Bonchev–Trinajstić information content (AvgIpc) is 3.11. The summed E-state index contributed by atoms with van der Waals surface area (Å²) < 4.78 is 26.5. The molecule has 0 unspecified atom stereocenters. The minimum atomic E-state index is -3.63. The summed E-state index contributed by atoms with van der Waals surface area (Å²) in [7, 11) is -3.63. The van der Waals surface area contributed by atoms with E-state index in [0.717, 1.165) is 16.2 Å². The monoisotopic (exact) mass is 370 g/mol. The molecule has 0 aliphatic carbocycles. The van der Waals surface area contributed by atoms with Gasteiger partial charge in [-0.1, -0.05) is 23.7 Å². The van der Waals surface area contributed by atoms with E-state index in [1.54, 1.807) is 17.5 Å². The van der Waals surface area contributed by atoms with Crippen LogP contribution in [0.2, 0.25) is 5.02 Å². The lowest BCUT2D eigenvalue weighted by atomic mass is 10.1. The van der Waals surface area contributed by atoms with Gasteiger partial charge >= 0.3 is 0 Å². The topological polar surface area (TPSA) is 83.6 Å². The highest BCUT2D eigenvalue weighted by atomic mass is 35.5. The fourth-order valence-corrected chi connectivity index (χ4v) is 4.59. The molecule has 9 heteroatoms. The van der Waals surface area contributed by atoms with E-state index in [4.69, 9.17) is 11.6 Å². The first-order valence-electron chi connectivity index (χ1n) is 6.59. The Kier molecular flexibility index (Phi) is 4.24. The standard InChI is InChI=1S/C14H11ClN2O4S2/c15-10-4-1-3-9-12(10)14(19)17(13(9)18)7-6-16-23(20,21)11-5-2-8-22-11/h1-5,8,16H,6-7H2. The van der Waals surface area contributed by atoms with Gasteiger partial charge < -0.3 is 0 Å². The number of carbonyl (C=O) groups excluding carboxylic acids is 2. The van der Waals surface area contributed by atoms with Crippen molar-refractivity contribution in [1.29, 1.82) is 0 Å². The summed E-state index contributed by atoms with van der Waals surface area (Å²) in [6.07, 6.45) is 0. The van der Waals surface area contributed by atoms with Gasteiger partial charge in [-0.3, -0.25) is 14.5 Å². The summed E-state index contributed by atoms with van der Waals surface area (Å²) in [6.45, 7) is -0.128. The van der Waals surface area contributed by atoms with Crippen LogP contribution in [0.1, 0.15) is 20.7 Å². The minimum Gasteiger partial charge on any atom is -0.273 e. The van der Waals surface area contributed by atoms with Crippen LogP contribution in [0.15, 0.2) is 39.9 Å². The van der Waals surface area contributed by atoms with Crippen molar-refractivity contribution in [2.45, 2.75) is 4.21 Å². The number of nitrogens with one attached hydrogen (secondary N) is 1. The van der Waals surface area contributed by atoms with Crippen molar-refractivity contribution in [2.75, 3.05) is 13.1 Å². The number of carbonyl (C=O) groups is 2. The second-order valence-electron chi connectivity index (χ2n) is 4.75. The molecule has 0 atom stereocenters. The first kappa shape index (κ1) is 16.1. The second-order valence-corrected chi connectivity index (χ2v) is 8.10. The zero-order valence-corrected chi connectivity index (χ0v) is 14.0. The Hall–Kier alpha value is -1.74. The molecule has 3 rings (SSSR count). The fraction of sp³-hybridized carbons (Fsp3) is 0.143. The van der Waals surface area contributed by atoms with E-state index in [1.165, 1.54) is 18.2 Å². The van der Waals surface area contributed by atoms with Crippen LogP contribution in [-0.4, -0.2) is 38.2 Å². The van der Waals surface area contributed by atoms with Crippen molar-refractivity contribution in [1.82, 2.24) is 9.62 Å². The minimum absolute atomic E-state index is 0.0622. The van der Waals surface area contributed by atoms with Crippen LogP contribution < -0.4 is 4.72 Å². The molecule has 0 saturated carbocycles. The maximum atomic E-state index is 12.3. The highest BCUT2D eigenvalue weighted by Crippen LogP contribution is 2.28. The molecule has 0 bridgehead atoms. The van der Waals surface area contributed by atoms with E-state index >= 15 is 0 Å². The summed E-state index contributed by atoms with van der Waals surface area (Å²) in [6, 6.07) is 7.77. The Bertz CT molecular complexity index is 878. The van der Waals surface area contributed by atoms with Gasteiger partial charge in [-0.25, -0.2) is 13.1 Å². The van der Waals surface area contributed by atoms with Gasteiger partial charge in [0.2, 0.25) is 10.0 Å². The van der Waals surface area contributed by atoms with E-state index in [-0.39, 0.29) is 33.4 Å². The van der Waals surface area contributed by atoms with Crippen LogP contribution in [0.3, 0.4) is 0 Å². The molecule has 0 radical (unpaired) electrons. The molecule has 1 aliphatic heterocycles. The van der Waals surface area contributed by atoms with E-state index in [1.807, 2.05) is 0 Å². The van der Waals surface area contributed by atoms with Gasteiger partial charge in [0.15, 0.2) is 0 Å². The first-order chi connectivity index (χ1) is 10.9. The SMILES string of the molecule is O=C1c2cccc(Cl)c2C(=O)N1CCNS(=O)(=O)c1cccs1. The number of rotatable bonds is 5. The number of benzene rings is 1. The molecule has 23 heavy (non-hydrogen) atoms. The van der Waals surface area contributed by atoms with Crippen molar-refractivity contribution in [2.24, 2.45) is 0 Å². The second kappa shape index (κ2) is 6.04. The van der Waals surface area contributed by atoms with Crippen LogP contribution in [0.25, 0.3) is 0 Å². The predicted molar refractivity (Wildman–Crippen MR) is 86.3 cm³/mol. The highest BCUT2D eigenvalue weighted by molar-refractivity contribution is 7.91. The van der Waals surface area contributed by atoms with E-state index in [2.05, 4.69) is 4.72 Å². The molecule has 2 heterocycles. The number of hydrogen-bond acceptors (Lipinski definition) is 5. The molecule has 1 aliphatic rings. The quantitative estimate of drug-likeness (QED) is 0.816. The number of fused-ring (bicyclic) bond motifs is 1. The summed E-state index contributed by atoms with van der Waals surface area (Å²) in [4.78, 5) is 25.5. The van der Waals surface area contributed by atoms with Crippen molar-refractivity contribution < 1.29 is 18.0 Å². The van der Waals surface area contributed by atoms with Gasteiger partial charge in [0.05, 0.1) is 16.1 Å². The van der Waals surface area contributed by atoms with E-state index in [9.17, 15) is 18.0 Å². The Morgan fingerprint density at radius 2 is 1.91 bits per heavy atom. The third-order valence-electron chi connectivity index (χ3n) is 3.34. The largest absolute Gasteiger partial charge is 0.273 e. The molecule has 120 valence electrons. The maximum Gasteiger partial charge on any atom is 0.263 e. The predicted octanol–water partition coefficient (Wildman–Crippen LogP) is 1.98. The van der Waals surface area contributed by atoms with Crippen LogP contribution >= 0.6 is 22.9 Å². The lowest BCUT2D eigenvalue weighted by Gasteiger charge is -2.14. The molecule has 1 aromatic carbocycles. The van der Waals surface area contributed by atoms with E-state index in [0.29, 0.717) is 0 Å². The van der Waals surface area contributed by atoms with Gasteiger partial charge in [0.1, 0.15) is 4.21 Å². The number of thiophene rings is 1. The molecular weight excluding hydrogens is 360 g/mol. The molecule has 0 fully saturated rings. The van der Waals surface area contributed by atoms with Gasteiger partial charge in [-0.05, 0) is 23.6 Å². The average molecular weight is 371 g/mol. The fourth-order valence-electron chi connectivity index (χ4n) is 2.27. The summed E-state index contributed by atoms with van der Waals surface area (Å²) >= 11 is 7.05. The lowest BCUT2D eigenvalue weighted by molar-refractivity contribution is 0.0657. The Morgan fingerprint density at radius 1 is 1.13 bits per heavy atom. The normalized spacial score (nSPS) is 14.4. The van der Waals surface area contributed by atoms with Gasteiger partial charge in [0, 0.05) is 13.1 Å². The molecule has 0 spiro atoms. The number of hydrogen-bond donors (Lipinski definition) is 1. The van der Waals surface area contributed by atoms with Crippen LogP contribution in [0, 0.1) is 0 Å². The first-order valence-corrected chi connectivity index (χ1v) is 9.34. The zero-order chi connectivity index (χ0) is 16.6. The zero-order valence-electron chi connectivity index (χ0n) is 11.7. The van der Waals surface area contributed by atoms with Crippen molar-refractivity contribution in [3.63, 3.8) is 0 Å². The van der Waals surface area contributed by atoms with Crippen LogP contribution in [-0.2, 0) is 10.0 Å². The third-order valence-corrected chi connectivity index (χ3v) is 6.51. The molecular formula is C14H11ClN2O4S2. The molecule has 2 amide bonds. The van der Waals surface area contributed by atoms with Crippen molar-refractivity contribution in [3.05, 3.63) is 51.9 Å². The lowest BCUT2D eigenvalue weighted by Crippen LogP contribution is -2.38. The Labute approximate surface area is 141 Å². The molecule has 6 nitrogen and oxygen atoms in total. The van der Waals surface area contributed by atoms with Crippen molar-refractivity contribution in [3.8, 4) is 0 Å². The molecule has 1 aromatic heterocycles. The number of sulfonamides is 1. The smallest absolute Gasteiger partial charge is 0.263 e. The number of amides is 2. The summed E-state index contributed by atoms with van der Waals surface area (Å²) in [5.41, 5.74) is 0.406. The third kappa shape index (κ3) is 2.90. The number of nitrogens with zero attached hydrogens (tertiary/aromatic N) is 1. The van der Waals surface area contributed by atoms with Gasteiger partial charge in [-0.15, -0.1) is 11.3 Å². The summed E-state index contributed by atoms with van der Waals surface area (Å²) in [5.74, 6) is -0.978. The van der Waals surface area contributed by atoms with E-state index < -0.39 is 21.8 Å². The van der Waals surface area contributed by atoms with Crippen LogP contribution in [0.4, 0.5) is 0 Å². The highest BCUT2D eigenvalue weighted by Gasteiger charge is 2.36. The molecule has 1 N–H and O–H groups in total. The Balaban J connectivity index is 1.70. The maximum absolute atomic E-state index is 12.3. The Morgan fingerprint density at radius 3 is 2.57 bits per heavy atom. The molecule has 0 saturated heterocycles. The van der Waals surface area contributed by atoms with Crippen molar-refractivity contribution >= 4 is 44.8 Å². The summed E-state index contributed by atoms with van der Waals surface area (Å²) in [5, 5.41) is 1.86. The number of halogens is 1. The number of imide groups is 1. The van der Waals surface area contributed by atoms with Gasteiger partial charge in [-0.2, -0.15) is 0 Å². The van der Waals surface area contributed by atoms with Crippen LogP contribution in [0.5, 0.6) is 0 Å². The molecule has 2 aromatic rings. The van der Waals surface area contributed by atoms with Gasteiger partial charge in [0.25, 0.3) is 11.8 Å².